The molecule has 0 N–H and O–H groups in total. The first kappa shape index (κ1) is 10.0. The zero-order valence-corrected chi connectivity index (χ0v) is 7.89. The largest absolute Gasteiger partial charge is 0.383 e. The first-order chi connectivity index (χ1) is 5.07. The molecule has 0 aliphatic carbocycles. The van der Waals surface area contributed by atoms with Gasteiger partial charge < -0.3 is 4.90 Å². The fraction of sp³-hybridized carbons (Fsp3) is 0.400. The van der Waals surface area contributed by atoms with Crippen LogP contribution in [0.25, 0.3) is 0 Å². The van der Waals surface area contributed by atoms with Crippen molar-refractivity contribution in [2.75, 3.05) is 14.1 Å². The maximum atomic E-state index is 3.64. The van der Waals surface area contributed by atoms with Gasteiger partial charge in [-0.2, -0.15) is 0 Å². The highest BCUT2D eigenvalue weighted by molar-refractivity contribution is 5.29. The molecular weight excluding hydrogens is 134 g/mol. The van der Waals surface area contributed by atoms with Crippen LogP contribution in [0.1, 0.15) is 13.8 Å². The van der Waals surface area contributed by atoms with Gasteiger partial charge in [-0.1, -0.05) is 18.7 Å². The molecule has 0 bridgehead atoms. The Morgan fingerprint density at radius 1 is 1.18 bits per heavy atom. The van der Waals surface area contributed by atoms with Gasteiger partial charge in [-0.15, -0.1) is 0 Å². The Labute approximate surface area is 69.7 Å². The lowest BCUT2D eigenvalue weighted by Gasteiger charge is -2.07. The molecule has 0 aliphatic heterocycles. The Kier molecular flexibility index (Phi) is 4.35. The van der Waals surface area contributed by atoms with Crippen LogP contribution in [0.4, 0.5) is 0 Å². The van der Waals surface area contributed by atoms with Crippen molar-refractivity contribution in [2.24, 2.45) is 0 Å². The fourth-order valence-electron chi connectivity index (χ4n) is 0.797. The van der Waals surface area contributed by atoms with Gasteiger partial charge in [0.05, 0.1) is 0 Å². The van der Waals surface area contributed by atoms with E-state index >= 15 is 0 Å². The summed E-state index contributed by atoms with van der Waals surface area (Å²) in [6.45, 7) is 7.82. The van der Waals surface area contributed by atoms with Crippen LogP contribution in [0, 0.1) is 0 Å². The third-order valence-corrected chi connectivity index (χ3v) is 1.44. The van der Waals surface area contributed by atoms with Crippen LogP contribution in [0.2, 0.25) is 0 Å². The van der Waals surface area contributed by atoms with E-state index in [2.05, 4.69) is 26.6 Å². The Morgan fingerprint density at radius 2 is 1.73 bits per heavy atom. The molecule has 1 nitrogen and oxygen atoms in total. The molecule has 0 rings (SSSR count). The Balaban J connectivity index is 4.34. The molecule has 0 aliphatic rings. The average Bonchev–Trinajstić information content (AvgIpc) is 1.86. The summed E-state index contributed by atoms with van der Waals surface area (Å²) in [5.74, 6) is 0. The quantitative estimate of drug-likeness (QED) is 0.560. The lowest BCUT2D eigenvalue weighted by atomic mass is 10.1. The molecule has 0 radical (unpaired) electrons. The highest BCUT2D eigenvalue weighted by Crippen LogP contribution is 2.07. The van der Waals surface area contributed by atoms with Crippen molar-refractivity contribution in [3.63, 3.8) is 0 Å². The minimum atomic E-state index is 1.26. The molecule has 0 spiro atoms. The number of allylic oxidation sites excluding steroid dienone is 4. The van der Waals surface area contributed by atoms with E-state index in [1.165, 1.54) is 11.1 Å². The molecule has 0 aromatic heterocycles. The topological polar surface area (TPSA) is 3.24 Å². The average molecular weight is 151 g/mol. The predicted octanol–water partition coefficient (Wildman–Crippen LogP) is 2.58. The van der Waals surface area contributed by atoms with E-state index in [1.54, 1.807) is 0 Å². The molecule has 0 unspecified atom stereocenters. The van der Waals surface area contributed by atoms with Gasteiger partial charge in [0.15, 0.2) is 0 Å². The van der Waals surface area contributed by atoms with Crippen molar-refractivity contribution in [2.45, 2.75) is 13.8 Å². The smallest absolute Gasteiger partial charge is 0.00557 e. The van der Waals surface area contributed by atoms with Gasteiger partial charge in [0.2, 0.25) is 0 Å². The Morgan fingerprint density at radius 3 is 2.09 bits per heavy atom. The van der Waals surface area contributed by atoms with Gasteiger partial charge in [0.1, 0.15) is 0 Å². The molecule has 0 atom stereocenters. The van der Waals surface area contributed by atoms with Gasteiger partial charge in [-0.3, -0.25) is 0 Å². The van der Waals surface area contributed by atoms with Gasteiger partial charge in [-0.05, 0) is 25.0 Å². The second-order valence-corrected chi connectivity index (χ2v) is 2.86. The molecule has 0 fully saturated rings. The molecule has 0 aromatic carbocycles. The van der Waals surface area contributed by atoms with Crippen molar-refractivity contribution in [1.29, 1.82) is 0 Å². The second kappa shape index (κ2) is 4.78. The van der Waals surface area contributed by atoms with Crippen LogP contribution in [0.3, 0.4) is 0 Å². The summed E-state index contributed by atoms with van der Waals surface area (Å²) in [5.41, 5.74) is 2.53. The zero-order chi connectivity index (χ0) is 8.85. The fourth-order valence-corrected chi connectivity index (χ4v) is 0.797. The Hall–Kier alpha value is -0.980. The lowest BCUT2D eigenvalue weighted by Crippen LogP contribution is -2.02. The number of hydrogen-bond donors (Lipinski definition) is 0. The monoisotopic (exact) mass is 151 g/mol. The van der Waals surface area contributed by atoms with E-state index in [4.69, 9.17) is 0 Å². The van der Waals surface area contributed by atoms with E-state index in [0.29, 0.717) is 0 Å². The van der Waals surface area contributed by atoms with Crippen LogP contribution < -0.4 is 0 Å². The van der Waals surface area contributed by atoms with Crippen LogP contribution in [0.5, 0.6) is 0 Å². The third kappa shape index (κ3) is 4.43. The maximum absolute atomic E-state index is 3.64. The summed E-state index contributed by atoms with van der Waals surface area (Å²) in [6.07, 6.45) is 5.91. The maximum Gasteiger partial charge on any atom is 0.00557 e. The molecule has 0 heterocycles. The van der Waals surface area contributed by atoms with E-state index in [9.17, 15) is 0 Å². The van der Waals surface area contributed by atoms with Crippen LogP contribution in [-0.2, 0) is 0 Å². The van der Waals surface area contributed by atoms with Crippen LogP contribution in [-0.4, -0.2) is 19.0 Å². The van der Waals surface area contributed by atoms with E-state index < -0.39 is 0 Å². The normalized spacial score (nSPS) is 13.1. The molecule has 0 saturated carbocycles. The summed E-state index contributed by atoms with van der Waals surface area (Å²) in [4.78, 5) is 2.04. The van der Waals surface area contributed by atoms with Gasteiger partial charge in [0, 0.05) is 20.3 Å². The van der Waals surface area contributed by atoms with Crippen LogP contribution >= 0.6 is 0 Å². The van der Waals surface area contributed by atoms with Gasteiger partial charge in [0.25, 0.3) is 0 Å². The van der Waals surface area contributed by atoms with Crippen molar-refractivity contribution in [3.05, 3.63) is 36.1 Å². The Bertz CT molecular complexity index is 185. The molecule has 0 saturated heterocycles. The standard InChI is InChI=1S/C10H17N/c1-6-7-9(2)10(3)8-11(4)5/h6-8H,1H2,2-5H3/b9-7+,10-8+. The van der Waals surface area contributed by atoms with Crippen molar-refractivity contribution in [1.82, 2.24) is 4.90 Å². The van der Waals surface area contributed by atoms with Gasteiger partial charge >= 0.3 is 0 Å². The van der Waals surface area contributed by atoms with E-state index in [0.717, 1.165) is 0 Å². The minimum absolute atomic E-state index is 1.26. The summed E-state index contributed by atoms with van der Waals surface area (Å²) >= 11 is 0. The van der Waals surface area contributed by atoms with E-state index in [-0.39, 0.29) is 0 Å². The minimum Gasteiger partial charge on any atom is -0.383 e. The molecule has 11 heavy (non-hydrogen) atoms. The third-order valence-electron chi connectivity index (χ3n) is 1.44. The molecule has 0 amide bonds. The summed E-state index contributed by atoms with van der Waals surface area (Å²) in [6, 6.07) is 0. The SMILES string of the molecule is C=C/C=C(C)/C(C)=C/N(C)C. The predicted molar refractivity (Wildman–Crippen MR) is 51.4 cm³/mol. The first-order valence-corrected chi connectivity index (χ1v) is 3.72. The summed E-state index contributed by atoms with van der Waals surface area (Å²) in [5, 5.41) is 0. The molecule has 1 heteroatoms. The summed E-state index contributed by atoms with van der Waals surface area (Å²) in [7, 11) is 4.04. The van der Waals surface area contributed by atoms with E-state index in [1.807, 2.05) is 31.1 Å². The highest BCUT2D eigenvalue weighted by atomic mass is 15.0. The van der Waals surface area contributed by atoms with Crippen molar-refractivity contribution < 1.29 is 0 Å². The zero-order valence-electron chi connectivity index (χ0n) is 7.89. The number of nitrogens with zero attached hydrogens (tertiary/aromatic N) is 1. The lowest BCUT2D eigenvalue weighted by molar-refractivity contribution is 0.559. The molecular formula is C10H17N. The summed E-state index contributed by atoms with van der Waals surface area (Å²) < 4.78 is 0. The first-order valence-electron chi connectivity index (χ1n) is 3.72. The van der Waals surface area contributed by atoms with Crippen molar-refractivity contribution >= 4 is 0 Å². The van der Waals surface area contributed by atoms with Crippen molar-refractivity contribution in [3.8, 4) is 0 Å². The molecule has 0 aromatic rings. The van der Waals surface area contributed by atoms with Gasteiger partial charge in [-0.25, -0.2) is 0 Å². The van der Waals surface area contributed by atoms with Crippen LogP contribution in [0.15, 0.2) is 36.1 Å². The second-order valence-electron chi connectivity index (χ2n) is 2.86. The number of hydrogen-bond acceptors (Lipinski definition) is 1. The molecule has 62 valence electrons. The highest BCUT2D eigenvalue weighted by Gasteiger charge is 1.90. The number of rotatable bonds is 3.